The van der Waals surface area contributed by atoms with Crippen LogP contribution in [0.3, 0.4) is 0 Å². The van der Waals surface area contributed by atoms with Crippen LogP contribution in [0, 0.1) is 5.92 Å². The van der Waals surface area contributed by atoms with E-state index in [9.17, 15) is 4.79 Å². The molecule has 0 spiro atoms. The zero-order chi connectivity index (χ0) is 15.6. The summed E-state index contributed by atoms with van der Waals surface area (Å²) < 4.78 is 5.40. The lowest BCUT2D eigenvalue weighted by Gasteiger charge is -2.21. The van der Waals surface area contributed by atoms with Crippen molar-refractivity contribution >= 4 is 11.6 Å². The molecule has 2 aromatic rings. The van der Waals surface area contributed by atoms with Gasteiger partial charge in [-0.15, -0.1) is 0 Å². The summed E-state index contributed by atoms with van der Waals surface area (Å²) in [5.74, 6) is 1.41. The monoisotopic (exact) mass is 310 g/mol. The molecule has 0 radical (unpaired) electrons. The Balaban J connectivity index is 1.37. The lowest BCUT2D eigenvalue weighted by molar-refractivity contribution is -0.122. The van der Waals surface area contributed by atoms with Gasteiger partial charge in [-0.25, -0.2) is 0 Å². The number of nitrogens with zero attached hydrogens (tertiary/aromatic N) is 1. The number of hydrogen-bond donors (Lipinski definition) is 1. The number of para-hydroxylation sites is 1. The Labute approximate surface area is 136 Å². The molecule has 0 bridgehead atoms. The summed E-state index contributed by atoms with van der Waals surface area (Å²) in [6.07, 6.45) is 5.09. The number of furan rings is 1. The normalized spacial score (nSPS) is 23.0. The average molecular weight is 310 g/mol. The van der Waals surface area contributed by atoms with Crippen LogP contribution in [0.25, 0.3) is 0 Å². The van der Waals surface area contributed by atoms with Crippen molar-refractivity contribution in [3.05, 3.63) is 54.0 Å². The second-order valence-electron chi connectivity index (χ2n) is 6.50. The molecule has 4 heteroatoms. The minimum atomic E-state index is 0.0695. The zero-order valence-electron chi connectivity index (χ0n) is 13.2. The highest BCUT2D eigenvalue weighted by Crippen LogP contribution is 2.47. The van der Waals surface area contributed by atoms with E-state index in [2.05, 4.69) is 28.4 Å². The van der Waals surface area contributed by atoms with Crippen molar-refractivity contribution in [2.45, 2.75) is 31.7 Å². The Hall–Kier alpha value is -2.23. The van der Waals surface area contributed by atoms with E-state index in [4.69, 9.17) is 4.42 Å². The van der Waals surface area contributed by atoms with E-state index in [1.165, 1.54) is 24.1 Å². The van der Waals surface area contributed by atoms with E-state index in [0.29, 0.717) is 6.54 Å². The third-order valence-corrected chi connectivity index (χ3v) is 4.93. The van der Waals surface area contributed by atoms with E-state index in [1.807, 2.05) is 18.2 Å². The van der Waals surface area contributed by atoms with E-state index < -0.39 is 0 Å². The fraction of sp³-hybridized carbons (Fsp3) is 0.421. The standard InChI is InChI=1S/C19H22N2O2/c22-19(16-12-15(16)18-8-5-11-23-18)20-13-14-6-1-2-7-17(14)21-9-3-4-10-21/h1-2,5-8,11,15-16H,3-4,9-10,12-13H2,(H,20,22). The maximum Gasteiger partial charge on any atom is 0.224 e. The van der Waals surface area contributed by atoms with Gasteiger partial charge < -0.3 is 14.6 Å². The number of anilines is 1. The first kappa shape index (κ1) is 14.4. The summed E-state index contributed by atoms with van der Waals surface area (Å²) >= 11 is 0. The van der Waals surface area contributed by atoms with Crippen molar-refractivity contribution in [2.24, 2.45) is 5.92 Å². The Kier molecular flexibility index (Phi) is 3.82. The Morgan fingerprint density at radius 2 is 2.00 bits per heavy atom. The molecule has 2 unspecified atom stereocenters. The summed E-state index contributed by atoms with van der Waals surface area (Å²) in [6.45, 7) is 2.84. The predicted octanol–water partition coefficient (Wildman–Crippen LogP) is 3.30. The van der Waals surface area contributed by atoms with Gasteiger partial charge in [0.15, 0.2) is 0 Å². The van der Waals surface area contributed by atoms with E-state index in [-0.39, 0.29) is 17.7 Å². The second-order valence-corrected chi connectivity index (χ2v) is 6.50. The third kappa shape index (κ3) is 2.98. The highest BCUT2D eigenvalue weighted by Gasteiger charge is 2.45. The summed E-state index contributed by atoms with van der Waals surface area (Å²) in [7, 11) is 0. The van der Waals surface area contributed by atoms with E-state index in [0.717, 1.165) is 25.3 Å². The molecule has 1 amide bonds. The van der Waals surface area contributed by atoms with Gasteiger partial charge in [-0.05, 0) is 43.0 Å². The van der Waals surface area contributed by atoms with E-state index >= 15 is 0 Å². The summed E-state index contributed by atoms with van der Waals surface area (Å²) in [5, 5.41) is 3.11. The lowest BCUT2D eigenvalue weighted by Crippen LogP contribution is -2.27. The number of rotatable bonds is 5. The SMILES string of the molecule is O=C(NCc1ccccc1N1CCCC1)C1CC1c1ccco1. The van der Waals surface area contributed by atoms with Gasteiger partial charge in [0.1, 0.15) is 5.76 Å². The second kappa shape index (κ2) is 6.11. The molecule has 2 fully saturated rings. The maximum absolute atomic E-state index is 12.4. The maximum atomic E-state index is 12.4. The number of carbonyl (C=O) groups is 1. The van der Waals surface area contributed by atoms with Crippen LogP contribution in [0.1, 0.15) is 36.5 Å². The lowest BCUT2D eigenvalue weighted by atomic mass is 10.1. The Morgan fingerprint density at radius 1 is 1.17 bits per heavy atom. The smallest absolute Gasteiger partial charge is 0.224 e. The van der Waals surface area contributed by atoms with Crippen molar-refractivity contribution in [2.75, 3.05) is 18.0 Å². The highest BCUT2D eigenvalue weighted by atomic mass is 16.3. The zero-order valence-corrected chi connectivity index (χ0v) is 13.2. The van der Waals surface area contributed by atoms with Crippen LogP contribution in [0.2, 0.25) is 0 Å². The van der Waals surface area contributed by atoms with Crippen LogP contribution < -0.4 is 10.2 Å². The molecular weight excluding hydrogens is 288 g/mol. The summed E-state index contributed by atoms with van der Waals surface area (Å²) in [6, 6.07) is 12.2. The molecule has 4 rings (SSSR count). The first-order valence-corrected chi connectivity index (χ1v) is 8.47. The number of carbonyl (C=O) groups excluding carboxylic acids is 1. The van der Waals surface area contributed by atoms with Gasteiger partial charge in [-0.3, -0.25) is 4.79 Å². The molecule has 1 N–H and O–H groups in total. The molecule has 1 aromatic heterocycles. The van der Waals surface area contributed by atoms with Crippen LogP contribution in [0.4, 0.5) is 5.69 Å². The van der Waals surface area contributed by atoms with Gasteiger partial charge in [0, 0.05) is 37.2 Å². The van der Waals surface area contributed by atoms with Crippen molar-refractivity contribution in [1.29, 1.82) is 0 Å². The molecule has 1 aliphatic heterocycles. The first-order valence-electron chi connectivity index (χ1n) is 8.47. The molecule has 2 aliphatic rings. The molecule has 1 aliphatic carbocycles. The van der Waals surface area contributed by atoms with Crippen molar-refractivity contribution in [3.63, 3.8) is 0 Å². The van der Waals surface area contributed by atoms with Crippen LogP contribution in [-0.2, 0) is 11.3 Å². The average Bonchev–Trinajstić information content (AvgIpc) is 3.01. The molecule has 120 valence electrons. The summed E-state index contributed by atoms with van der Waals surface area (Å²) in [5.41, 5.74) is 2.47. The Bertz CT molecular complexity index is 674. The topological polar surface area (TPSA) is 45.5 Å². The molecule has 1 saturated carbocycles. The van der Waals surface area contributed by atoms with Crippen molar-refractivity contribution in [1.82, 2.24) is 5.32 Å². The van der Waals surface area contributed by atoms with E-state index in [1.54, 1.807) is 6.26 Å². The van der Waals surface area contributed by atoms with Gasteiger partial charge in [0.2, 0.25) is 5.91 Å². The van der Waals surface area contributed by atoms with Gasteiger partial charge in [0.25, 0.3) is 0 Å². The molecular formula is C19H22N2O2. The van der Waals surface area contributed by atoms with Crippen LogP contribution in [0.15, 0.2) is 47.1 Å². The fourth-order valence-electron chi connectivity index (χ4n) is 3.54. The summed E-state index contributed by atoms with van der Waals surface area (Å²) in [4.78, 5) is 14.8. The minimum absolute atomic E-state index is 0.0695. The Morgan fingerprint density at radius 3 is 2.78 bits per heavy atom. The molecule has 2 atom stereocenters. The van der Waals surface area contributed by atoms with Crippen LogP contribution in [-0.4, -0.2) is 19.0 Å². The quantitative estimate of drug-likeness (QED) is 0.921. The fourth-order valence-corrected chi connectivity index (χ4v) is 3.54. The van der Waals surface area contributed by atoms with Crippen LogP contribution in [0.5, 0.6) is 0 Å². The number of amides is 1. The molecule has 4 nitrogen and oxygen atoms in total. The largest absolute Gasteiger partial charge is 0.469 e. The van der Waals surface area contributed by atoms with Gasteiger partial charge >= 0.3 is 0 Å². The molecule has 1 aromatic carbocycles. The molecule has 1 saturated heterocycles. The van der Waals surface area contributed by atoms with Gasteiger partial charge in [-0.1, -0.05) is 18.2 Å². The van der Waals surface area contributed by atoms with Crippen LogP contribution >= 0.6 is 0 Å². The first-order chi connectivity index (χ1) is 11.3. The number of nitrogens with one attached hydrogen (secondary N) is 1. The van der Waals surface area contributed by atoms with Crippen molar-refractivity contribution in [3.8, 4) is 0 Å². The van der Waals surface area contributed by atoms with Crippen molar-refractivity contribution < 1.29 is 9.21 Å². The predicted molar refractivity (Wildman–Crippen MR) is 89.3 cm³/mol. The van der Waals surface area contributed by atoms with Gasteiger partial charge in [0.05, 0.1) is 6.26 Å². The number of benzene rings is 1. The minimum Gasteiger partial charge on any atom is -0.469 e. The molecule has 23 heavy (non-hydrogen) atoms. The highest BCUT2D eigenvalue weighted by molar-refractivity contribution is 5.82. The molecule has 2 heterocycles. The van der Waals surface area contributed by atoms with Gasteiger partial charge in [-0.2, -0.15) is 0 Å². The third-order valence-electron chi connectivity index (χ3n) is 4.93. The number of hydrogen-bond acceptors (Lipinski definition) is 3.